The maximum Gasteiger partial charge on any atom is 0.338 e. The molecule has 0 spiro atoms. The van der Waals surface area contributed by atoms with Gasteiger partial charge in [0.05, 0.1) is 18.8 Å². The van der Waals surface area contributed by atoms with Crippen molar-refractivity contribution in [3.63, 3.8) is 0 Å². The van der Waals surface area contributed by atoms with Gasteiger partial charge in [-0.1, -0.05) is 6.07 Å². The largest absolute Gasteiger partial charge is 0.490 e. The summed E-state index contributed by atoms with van der Waals surface area (Å²) in [5.74, 6) is 0.367. The Morgan fingerprint density at radius 1 is 0.926 bits per heavy atom. The Balaban J connectivity index is 1.33. The van der Waals surface area contributed by atoms with Gasteiger partial charge in [0.2, 0.25) is 0 Å². The number of fused-ring (bicyclic) bond motifs is 2. The van der Waals surface area contributed by atoms with E-state index in [4.69, 9.17) is 14.2 Å². The van der Waals surface area contributed by atoms with Crippen LogP contribution in [0.25, 0.3) is 0 Å². The summed E-state index contributed by atoms with van der Waals surface area (Å²) in [4.78, 5) is 24.3. The second kappa shape index (κ2) is 7.70. The van der Waals surface area contributed by atoms with Crippen LogP contribution in [0.2, 0.25) is 0 Å². The smallest absolute Gasteiger partial charge is 0.338 e. The van der Waals surface area contributed by atoms with Crippen molar-refractivity contribution in [2.45, 2.75) is 25.7 Å². The van der Waals surface area contributed by atoms with E-state index >= 15 is 0 Å². The number of ether oxygens (including phenoxy) is 3. The van der Waals surface area contributed by atoms with Crippen LogP contribution in [0.1, 0.15) is 34.3 Å². The van der Waals surface area contributed by atoms with Crippen molar-refractivity contribution < 1.29 is 23.8 Å². The summed E-state index contributed by atoms with van der Waals surface area (Å²) >= 11 is 0. The van der Waals surface area contributed by atoms with Crippen LogP contribution in [0.5, 0.6) is 11.5 Å². The zero-order valence-corrected chi connectivity index (χ0v) is 15.0. The van der Waals surface area contributed by atoms with Crippen LogP contribution < -0.4 is 14.8 Å². The number of nitrogens with one attached hydrogen (secondary N) is 1. The minimum Gasteiger partial charge on any atom is -0.490 e. The minimum atomic E-state index is -0.487. The number of carbonyl (C=O) groups is 2. The van der Waals surface area contributed by atoms with Crippen LogP contribution in [0.15, 0.2) is 36.4 Å². The lowest BCUT2D eigenvalue weighted by Gasteiger charge is -2.11. The van der Waals surface area contributed by atoms with Crippen molar-refractivity contribution in [1.29, 1.82) is 0 Å². The van der Waals surface area contributed by atoms with Gasteiger partial charge in [-0.25, -0.2) is 4.79 Å². The summed E-state index contributed by atoms with van der Waals surface area (Å²) in [6, 6.07) is 10.8. The molecule has 2 aromatic carbocycles. The predicted molar refractivity (Wildman–Crippen MR) is 99.4 cm³/mol. The molecule has 0 bridgehead atoms. The normalized spacial score (nSPS) is 14.8. The molecule has 1 N–H and O–H groups in total. The Labute approximate surface area is 157 Å². The molecule has 1 amide bonds. The summed E-state index contributed by atoms with van der Waals surface area (Å²) in [7, 11) is 0. The van der Waals surface area contributed by atoms with E-state index in [1.165, 1.54) is 11.1 Å². The third kappa shape index (κ3) is 4.05. The van der Waals surface area contributed by atoms with E-state index in [0.29, 0.717) is 36.0 Å². The van der Waals surface area contributed by atoms with Gasteiger partial charge in [-0.15, -0.1) is 0 Å². The molecule has 0 saturated carbocycles. The lowest BCUT2D eigenvalue weighted by Crippen LogP contribution is -2.21. The molecule has 0 saturated heterocycles. The number of rotatable bonds is 4. The number of aryl methyl sites for hydroxylation is 2. The van der Waals surface area contributed by atoms with Gasteiger partial charge < -0.3 is 19.5 Å². The molecule has 1 aliphatic carbocycles. The third-order valence-corrected chi connectivity index (χ3v) is 4.70. The lowest BCUT2D eigenvalue weighted by atomic mass is 10.1. The number of hydrogen-bond acceptors (Lipinski definition) is 5. The molecule has 0 radical (unpaired) electrons. The maximum atomic E-state index is 12.2. The molecule has 0 unspecified atom stereocenters. The minimum absolute atomic E-state index is 0.343. The number of carbonyl (C=O) groups excluding carboxylic acids is 2. The van der Waals surface area contributed by atoms with Crippen LogP contribution in [-0.2, 0) is 22.4 Å². The van der Waals surface area contributed by atoms with Crippen molar-refractivity contribution in [2.75, 3.05) is 25.1 Å². The number of benzene rings is 2. The van der Waals surface area contributed by atoms with Gasteiger partial charge in [-0.2, -0.15) is 0 Å². The topological polar surface area (TPSA) is 73.9 Å². The highest BCUT2D eigenvalue weighted by atomic mass is 16.5. The maximum absolute atomic E-state index is 12.2. The van der Waals surface area contributed by atoms with E-state index in [1.54, 1.807) is 24.3 Å². The fourth-order valence-corrected chi connectivity index (χ4v) is 3.35. The Morgan fingerprint density at radius 3 is 2.63 bits per heavy atom. The van der Waals surface area contributed by atoms with Crippen molar-refractivity contribution >= 4 is 17.6 Å². The van der Waals surface area contributed by atoms with E-state index in [0.717, 1.165) is 25.7 Å². The second-order valence-corrected chi connectivity index (χ2v) is 6.67. The lowest BCUT2D eigenvalue weighted by molar-refractivity contribution is -0.119. The molecule has 4 rings (SSSR count). The monoisotopic (exact) mass is 367 g/mol. The highest BCUT2D eigenvalue weighted by Crippen LogP contribution is 2.32. The molecule has 0 aromatic heterocycles. The molecular formula is C21H21NO5. The van der Waals surface area contributed by atoms with Crippen LogP contribution in [0.4, 0.5) is 5.69 Å². The van der Waals surface area contributed by atoms with Gasteiger partial charge >= 0.3 is 5.97 Å². The number of hydrogen-bond donors (Lipinski definition) is 1. The Bertz CT molecular complexity index is 877. The highest BCUT2D eigenvalue weighted by Gasteiger charge is 2.16. The zero-order chi connectivity index (χ0) is 18.6. The summed E-state index contributed by atoms with van der Waals surface area (Å²) in [6.45, 7) is 0.838. The molecule has 27 heavy (non-hydrogen) atoms. The van der Waals surface area contributed by atoms with Crippen LogP contribution in [-0.4, -0.2) is 31.7 Å². The Morgan fingerprint density at radius 2 is 1.74 bits per heavy atom. The van der Waals surface area contributed by atoms with E-state index in [1.807, 2.05) is 12.1 Å². The summed E-state index contributed by atoms with van der Waals surface area (Å²) < 4.78 is 16.3. The summed E-state index contributed by atoms with van der Waals surface area (Å²) in [6.07, 6.45) is 3.98. The van der Waals surface area contributed by atoms with Crippen LogP contribution in [0.3, 0.4) is 0 Å². The Kier molecular flexibility index (Phi) is 4.96. The average molecular weight is 367 g/mol. The van der Waals surface area contributed by atoms with E-state index in [9.17, 15) is 9.59 Å². The Hall–Kier alpha value is -3.02. The van der Waals surface area contributed by atoms with Gasteiger partial charge in [0.15, 0.2) is 18.1 Å². The van der Waals surface area contributed by atoms with Gasteiger partial charge in [0.1, 0.15) is 0 Å². The van der Waals surface area contributed by atoms with Crippen LogP contribution in [0, 0.1) is 0 Å². The molecule has 0 fully saturated rings. The zero-order valence-electron chi connectivity index (χ0n) is 15.0. The molecular weight excluding hydrogens is 346 g/mol. The van der Waals surface area contributed by atoms with Gasteiger partial charge in [-0.05, 0) is 54.7 Å². The second-order valence-electron chi connectivity index (χ2n) is 6.67. The molecule has 6 heteroatoms. The molecule has 2 aliphatic rings. The third-order valence-electron chi connectivity index (χ3n) is 4.70. The molecule has 0 atom stereocenters. The highest BCUT2D eigenvalue weighted by molar-refractivity contribution is 5.95. The van der Waals surface area contributed by atoms with Gasteiger partial charge in [-0.3, -0.25) is 4.79 Å². The predicted octanol–water partition coefficient (Wildman–Crippen LogP) is 3.13. The van der Waals surface area contributed by atoms with Crippen LogP contribution >= 0.6 is 0 Å². The molecule has 2 aromatic rings. The number of anilines is 1. The first-order valence-electron chi connectivity index (χ1n) is 9.17. The summed E-state index contributed by atoms with van der Waals surface area (Å²) in [5, 5.41) is 2.71. The summed E-state index contributed by atoms with van der Waals surface area (Å²) in [5.41, 5.74) is 3.54. The van der Waals surface area contributed by atoms with Crippen molar-refractivity contribution in [1.82, 2.24) is 0 Å². The quantitative estimate of drug-likeness (QED) is 0.841. The SMILES string of the molecule is O=C(COC(=O)c1ccc2c(c1)CCC2)Nc1ccc2c(c1)OCCCO2. The molecule has 1 aliphatic heterocycles. The standard InChI is InChI=1S/C21H21NO5/c23-20(22-17-7-8-18-19(12-17)26-10-2-9-25-18)13-27-21(24)16-6-5-14-3-1-4-15(14)11-16/h5-8,11-12H,1-4,9-10,13H2,(H,22,23). The average Bonchev–Trinajstić information content (AvgIpc) is 3.02. The fourth-order valence-electron chi connectivity index (χ4n) is 3.35. The van der Waals surface area contributed by atoms with Crippen molar-refractivity contribution in [3.05, 3.63) is 53.1 Å². The molecule has 6 nitrogen and oxygen atoms in total. The molecule has 140 valence electrons. The fraction of sp³-hybridized carbons (Fsp3) is 0.333. The number of esters is 1. The van der Waals surface area contributed by atoms with Crippen molar-refractivity contribution in [2.24, 2.45) is 0 Å². The van der Waals surface area contributed by atoms with E-state index in [-0.39, 0.29) is 6.61 Å². The molecule has 1 heterocycles. The van der Waals surface area contributed by atoms with E-state index < -0.39 is 11.9 Å². The number of amides is 1. The first-order chi connectivity index (χ1) is 13.2. The van der Waals surface area contributed by atoms with Crippen molar-refractivity contribution in [3.8, 4) is 11.5 Å². The van der Waals surface area contributed by atoms with Gasteiger partial charge in [0, 0.05) is 18.2 Å². The first-order valence-corrected chi connectivity index (χ1v) is 9.17. The van der Waals surface area contributed by atoms with Gasteiger partial charge in [0.25, 0.3) is 5.91 Å². The van der Waals surface area contributed by atoms with E-state index in [2.05, 4.69) is 5.32 Å². The first kappa shape index (κ1) is 17.4.